The van der Waals surface area contributed by atoms with Crippen LogP contribution in [0.2, 0.25) is 0 Å². The van der Waals surface area contributed by atoms with Crippen molar-refractivity contribution in [1.82, 2.24) is 4.98 Å². The van der Waals surface area contributed by atoms with E-state index in [1.165, 1.54) is 0 Å². The van der Waals surface area contributed by atoms with Gasteiger partial charge in [-0.15, -0.1) is 0 Å². The number of nitrogens with one attached hydrogen (secondary N) is 1. The first-order valence-electron chi connectivity index (χ1n) is 7.55. The van der Waals surface area contributed by atoms with Crippen LogP contribution in [-0.4, -0.2) is 4.98 Å². The van der Waals surface area contributed by atoms with E-state index in [1.807, 2.05) is 42.5 Å². The molecule has 3 aromatic rings. The van der Waals surface area contributed by atoms with E-state index in [9.17, 15) is 0 Å². The fraction of sp³-hybridized carbons (Fsp3) is 0.0476. The summed E-state index contributed by atoms with van der Waals surface area (Å²) >= 11 is 0. The third-order valence-corrected chi connectivity index (χ3v) is 3.67. The Labute approximate surface area is 136 Å². The van der Waals surface area contributed by atoms with Crippen LogP contribution in [0.25, 0.3) is 16.5 Å². The molecular formula is C21H19NO. The maximum absolute atomic E-state index is 5.87. The Morgan fingerprint density at radius 2 is 1.87 bits per heavy atom. The Balaban J connectivity index is 1.83. The first-order valence-corrected chi connectivity index (χ1v) is 7.55. The normalized spacial score (nSPS) is 11.4. The summed E-state index contributed by atoms with van der Waals surface area (Å²) in [5, 5.41) is 1.14. The van der Waals surface area contributed by atoms with Gasteiger partial charge in [0.2, 0.25) is 0 Å². The van der Waals surface area contributed by atoms with Gasteiger partial charge >= 0.3 is 0 Å². The first-order chi connectivity index (χ1) is 11.3. The van der Waals surface area contributed by atoms with E-state index in [2.05, 4.69) is 42.4 Å². The highest BCUT2D eigenvalue weighted by Crippen LogP contribution is 2.25. The molecule has 23 heavy (non-hydrogen) atoms. The van der Waals surface area contributed by atoms with E-state index >= 15 is 0 Å². The second-order valence-corrected chi connectivity index (χ2v) is 5.27. The quantitative estimate of drug-likeness (QED) is 0.597. The molecule has 2 aromatic carbocycles. The fourth-order valence-electron chi connectivity index (χ4n) is 2.49. The molecule has 0 bridgehead atoms. The monoisotopic (exact) mass is 301 g/mol. The highest BCUT2D eigenvalue weighted by atomic mass is 16.5. The number of rotatable bonds is 6. The van der Waals surface area contributed by atoms with Crippen LogP contribution in [0.1, 0.15) is 11.3 Å². The third-order valence-electron chi connectivity index (χ3n) is 3.67. The van der Waals surface area contributed by atoms with E-state index in [4.69, 9.17) is 4.74 Å². The molecule has 2 heteroatoms. The molecule has 0 saturated heterocycles. The number of ether oxygens (including phenoxy) is 1. The average Bonchev–Trinajstić information content (AvgIpc) is 3.01. The van der Waals surface area contributed by atoms with E-state index in [1.54, 1.807) is 6.08 Å². The van der Waals surface area contributed by atoms with Crippen molar-refractivity contribution in [2.45, 2.75) is 6.61 Å². The first kappa shape index (κ1) is 14.9. The third kappa shape index (κ3) is 3.43. The van der Waals surface area contributed by atoms with E-state index < -0.39 is 0 Å². The van der Waals surface area contributed by atoms with Crippen LogP contribution in [0.3, 0.4) is 0 Å². The van der Waals surface area contributed by atoms with Crippen LogP contribution >= 0.6 is 0 Å². The van der Waals surface area contributed by atoms with Crippen molar-refractivity contribution >= 4 is 16.5 Å². The number of hydrogen-bond acceptors (Lipinski definition) is 1. The molecule has 0 aliphatic heterocycles. The van der Waals surface area contributed by atoms with Gasteiger partial charge in [0.1, 0.15) is 12.4 Å². The number of benzene rings is 2. The second kappa shape index (κ2) is 6.84. The number of fused-ring (bicyclic) bond motifs is 1. The standard InChI is InChI=1S/C21H19NO/c1-3-8-17(4-2)20-13-18-11-12-19(14-21(18)22-20)23-15-16-9-6-5-7-10-16/h3-14,22H,1-2,15H2/b17-8+. The van der Waals surface area contributed by atoms with Gasteiger partial charge in [-0.3, -0.25) is 0 Å². The van der Waals surface area contributed by atoms with Gasteiger partial charge in [-0.2, -0.15) is 0 Å². The van der Waals surface area contributed by atoms with Crippen molar-refractivity contribution in [3.05, 3.63) is 97.2 Å². The van der Waals surface area contributed by atoms with Gasteiger partial charge in [-0.1, -0.05) is 61.7 Å². The summed E-state index contributed by atoms with van der Waals surface area (Å²) < 4.78 is 5.87. The number of allylic oxidation sites excluding steroid dienone is 4. The number of hydrogen-bond donors (Lipinski definition) is 1. The van der Waals surface area contributed by atoms with Gasteiger partial charge in [0.05, 0.1) is 0 Å². The van der Waals surface area contributed by atoms with Crippen LogP contribution in [0.4, 0.5) is 0 Å². The van der Waals surface area contributed by atoms with Crippen LogP contribution in [0, 0.1) is 0 Å². The number of aromatic nitrogens is 1. The summed E-state index contributed by atoms with van der Waals surface area (Å²) in [5.74, 6) is 0.850. The Kier molecular flexibility index (Phi) is 4.44. The van der Waals surface area contributed by atoms with Crippen LogP contribution in [0.5, 0.6) is 5.75 Å². The predicted molar refractivity (Wildman–Crippen MR) is 97.4 cm³/mol. The molecule has 0 fully saturated rings. The van der Waals surface area contributed by atoms with E-state index in [-0.39, 0.29) is 0 Å². The molecule has 2 nitrogen and oxygen atoms in total. The minimum absolute atomic E-state index is 0.564. The maximum Gasteiger partial charge on any atom is 0.121 e. The molecule has 114 valence electrons. The molecular weight excluding hydrogens is 282 g/mol. The van der Waals surface area contributed by atoms with Gasteiger partial charge in [0.25, 0.3) is 0 Å². The summed E-state index contributed by atoms with van der Waals surface area (Å²) in [4.78, 5) is 3.40. The summed E-state index contributed by atoms with van der Waals surface area (Å²) in [7, 11) is 0. The lowest BCUT2D eigenvalue weighted by Gasteiger charge is -2.06. The lowest BCUT2D eigenvalue weighted by Crippen LogP contribution is -1.94. The van der Waals surface area contributed by atoms with Gasteiger partial charge in [0.15, 0.2) is 0 Å². The summed E-state index contributed by atoms with van der Waals surface area (Å²) in [6.07, 6.45) is 5.51. The molecule has 1 heterocycles. The molecule has 0 radical (unpaired) electrons. The van der Waals surface area contributed by atoms with Crippen molar-refractivity contribution in [3.8, 4) is 5.75 Å². The number of aromatic amines is 1. The second-order valence-electron chi connectivity index (χ2n) is 5.27. The van der Waals surface area contributed by atoms with Crippen LogP contribution < -0.4 is 4.74 Å². The molecule has 0 amide bonds. The molecule has 0 saturated carbocycles. The molecule has 0 unspecified atom stereocenters. The molecule has 1 aromatic heterocycles. The maximum atomic E-state index is 5.87. The highest BCUT2D eigenvalue weighted by Gasteiger charge is 2.05. The van der Waals surface area contributed by atoms with Crippen molar-refractivity contribution < 1.29 is 4.74 Å². The Hall–Kier alpha value is -3.00. The molecule has 0 atom stereocenters. The Bertz CT molecular complexity index is 856. The average molecular weight is 301 g/mol. The van der Waals surface area contributed by atoms with E-state index in [0.717, 1.165) is 33.5 Å². The zero-order valence-electron chi connectivity index (χ0n) is 13.0. The van der Waals surface area contributed by atoms with Gasteiger partial charge < -0.3 is 9.72 Å². The largest absolute Gasteiger partial charge is 0.489 e. The predicted octanol–water partition coefficient (Wildman–Crippen LogP) is 5.50. The van der Waals surface area contributed by atoms with Gasteiger partial charge in [-0.25, -0.2) is 0 Å². The Morgan fingerprint density at radius 1 is 1.04 bits per heavy atom. The van der Waals surface area contributed by atoms with Crippen molar-refractivity contribution in [2.24, 2.45) is 0 Å². The Morgan fingerprint density at radius 3 is 2.61 bits per heavy atom. The molecule has 0 aliphatic rings. The molecule has 0 aliphatic carbocycles. The highest BCUT2D eigenvalue weighted by molar-refractivity contribution is 5.87. The lowest BCUT2D eigenvalue weighted by atomic mass is 10.1. The SMILES string of the molecule is C=C/C=C(\C=C)c1cc2ccc(OCc3ccccc3)cc2[nH]1. The summed E-state index contributed by atoms with van der Waals surface area (Å²) in [5.41, 5.74) is 4.24. The smallest absolute Gasteiger partial charge is 0.121 e. The lowest BCUT2D eigenvalue weighted by molar-refractivity contribution is 0.306. The molecule has 0 spiro atoms. The molecule has 1 N–H and O–H groups in total. The zero-order chi connectivity index (χ0) is 16.1. The molecule has 3 rings (SSSR count). The fourth-order valence-corrected chi connectivity index (χ4v) is 2.49. The number of H-pyrrole nitrogens is 1. The minimum atomic E-state index is 0.564. The summed E-state index contributed by atoms with van der Waals surface area (Å²) in [6.45, 7) is 8.15. The minimum Gasteiger partial charge on any atom is -0.489 e. The topological polar surface area (TPSA) is 25.0 Å². The van der Waals surface area contributed by atoms with Crippen LogP contribution in [-0.2, 0) is 6.61 Å². The van der Waals surface area contributed by atoms with Crippen molar-refractivity contribution in [2.75, 3.05) is 0 Å². The van der Waals surface area contributed by atoms with Crippen molar-refractivity contribution in [3.63, 3.8) is 0 Å². The summed E-state index contributed by atoms with van der Waals surface area (Å²) in [6, 6.07) is 18.3. The van der Waals surface area contributed by atoms with E-state index in [0.29, 0.717) is 6.61 Å². The zero-order valence-corrected chi connectivity index (χ0v) is 13.0. The van der Waals surface area contributed by atoms with Gasteiger partial charge in [-0.05, 0) is 29.3 Å². The van der Waals surface area contributed by atoms with Crippen LogP contribution in [0.15, 0.2) is 86.0 Å². The van der Waals surface area contributed by atoms with Gasteiger partial charge in [0, 0.05) is 22.7 Å². The van der Waals surface area contributed by atoms with Crippen molar-refractivity contribution in [1.29, 1.82) is 0 Å².